The summed E-state index contributed by atoms with van der Waals surface area (Å²) in [7, 11) is 0. The molecule has 0 aliphatic heterocycles. The summed E-state index contributed by atoms with van der Waals surface area (Å²) < 4.78 is 11.6. The van der Waals surface area contributed by atoms with E-state index < -0.39 is 5.54 Å². The van der Waals surface area contributed by atoms with Gasteiger partial charge in [-0.05, 0) is 33.1 Å². The fraction of sp³-hybridized carbons (Fsp3) is 0.947. The molecule has 6 heteroatoms. The van der Waals surface area contributed by atoms with Crippen LogP contribution in [0.2, 0.25) is 0 Å². The molecular formula is C19H37ClN2O3. The number of carbonyl (C=O) groups excluding carboxylic acids is 1. The van der Waals surface area contributed by atoms with Gasteiger partial charge in [-0.1, -0.05) is 27.7 Å². The van der Waals surface area contributed by atoms with E-state index in [0.29, 0.717) is 13.0 Å². The third kappa shape index (κ3) is 3.33. The van der Waals surface area contributed by atoms with E-state index in [1.807, 2.05) is 27.7 Å². The summed E-state index contributed by atoms with van der Waals surface area (Å²) in [6.07, 6.45) is 3.77. The van der Waals surface area contributed by atoms with Crippen LogP contribution >= 0.6 is 12.4 Å². The van der Waals surface area contributed by atoms with Crippen LogP contribution in [0.15, 0.2) is 0 Å². The summed E-state index contributed by atoms with van der Waals surface area (Å²) in [5, 5.41) is 3.26. The zero-order valence-electron chi connectivity index (χ0n) is 16.7. The van der Waals surface area contributed by atoms with Crippen molar-refractivity contribution in [2.75, 3.05) is 13.2 Å². The van der Waals surface area contributed by atoms with Crippen molar-refractivity contribution in [3.05, 3.63) is 0 Å². The fourth-order valence-corrected chi connectivity index (χ4v) is 4.69. The molecule has 0 bridgehead atoms. The molecule has 0 heterocycles. The largest absolute Gasteiger partial charge is 0.378 e. The number of hydrogen-bond donors (Lipinski definition) is 2. The number of nitrogens with one attached hydrogen (secondary N) is 1. The van der Waals surface area contributed by atoms with Crippen LogP contribution in [0.5, 0.6) is 0 Å². The molecule has 0 aromatic rings. The van der Waals surface area contributed by atoms with Gasteiger partial charge >= 0.3 is 0 Å². The Morgan fingerprint density at radius 3 is 2.04 bits per heavy atom. The molecule has 1 amide bonds. The number of ether oxygens (including phenoxy) is 2. The molecule has 0 aromatic carbocycles. The van der Waals surface area contributed by atoms with Crippen LogP contribution in [-0.4, -0.2) is 42.9 Å². The molecule has 2 aliphatic carbocycles. The molecule has 148 valence electrons. The Bertz CT molecular complexity index is 468. The smallest absolute Gasteiger partial charge is 0.241 e. The van der Waals surface area contributed by atoms with Crippen LogP contribution in [0.3, 0.4) is 0 Å². The minimum Gasteiger partial charge on any atom is -0.378 e. The Morgan fingerprint density at radius 2 is 1.60 bits per heavy atom. The normalized spacial score (nSPS) is 35.1. The molecule has 4 unspecified atom stereocenters. The van der Waals surface area contributed by atoms with Gasteiger partial charge in [0.2, 0.25) is 5.91 Å². The molecule has 0 saturated heterocycles. The summed E-state index contributed by atoms with van der Waals surface area (Å²) in [5.41, 5.74) is 5.35. The number of amides is 1. The lowest BCUT2D eigenvalue weighted by Gasteiger charge is -2.60. The van der Waals surface area contributed by atoms with E-state index in [1.165, 1.54) is 0 Å². The highest BCUT2D eigenvalue weighted by atomic mass is 35.5. The van der Waals surface area contributed by atoms with Gasteiger partial charge in [0.1, 0.15) is 5.54 Å². The molecule has 0 spiro atoms. The van der Waals surface area contributed by atoms with Gasteiger partial charge in [0.15, 0.2) is 0 Å². The molecule has 4 atom stereocenters. The molecule has 0 aromatic heterocycles. The van der Waals surface area contributed by atoms with Crippen molar-refractivity contribution < 1.29 is 14.3 Å². The van der Waals surface area contributed by atoms with E-state index in [0.717, 1.165) is 25.9 Å². The number of nitrogens with two attached hydrogens (primary N) is 1. The Labute approximate surface area is 159 Å². The van der Waals surface area contributed by atoms with Crippen molar-refractivity contribution in [3.63, 3.8) is 0 Å². The van der Waals surface area contributed by atoms with Gasteiger partial charge in [-0.2, -0.15) is 0 Å². The molecule has 2 aliphatic rings. The van der Waals surface area contributed by atoms with E-state index >= 15 is 0 Å². The predicted octanol–water partition coefficient (Wildman–Crippen LogP) is 3.04. The zero-order chi connectivity index (χ0) is 18.2. The van der Waals surface area contributed by atoms with Gasteiger partial charge in [0, 0.05) is 36.5 Å². The van der Waals surface area contributed by atoms with Gasteiger partial charge in [0.25, 0.3) is 0 Å². The van der Waals surface area contributed by atoms with Crippen molar-refractivity contribution >= 4 is 18.3 Å². The van der Waals surface area contributed by atoms with Crippen molar-refractivity contribution in [1.29, 1.82) is 0 Å². The first kappa shape index (κ1) is 22.7. The highest BCUT2D eigenvalue weighted by Gasteiger charge is 2.64. The Kier molecular flexibility index (Phi) is 7.36. The summed E-state index contributed by atoms with van der Waals surface area (Å²) in [6, 6.07) is 0.152. The van der Waals surface area contributed by atoms with Crippen LogP contribution in [-0.2, 0) is 14.3 Å². The lowest BCUT2D eigenvalue weighted by molar-refractivity contribution is -0.179. The second kappa shape index (κ2) is 8.12. The van der Waals surface area contributed by atoms with E-state index in [-0.39, 0.29) is 47.4 Å². The SMILES string of the molecule is CCOC1CC(NC(=O)C2(N)CC(OCC)C2(C)C)C1(CC)CC.Cl. The van der Waals surface area contributed by atoms with Crippen LogP contribution < -0.4 is 11.1 Å². The third-order valence-corrected chi connectivity index (χ3v) is 7.01. The van der Waals surface area contributed by atoms with Crippen LogP contribution in [0.1, 0.15) is 67.2 Å². The molecular weight excluding hydrogens is 340 g/mol. The Morgan fingerprint density at radius 1 is 1.08 bits per heavy atom. The molecule has 25 heavy (non-hydrogen) atoms. The minimum atomic E-state index is -0.850. The van der Waals surface area contributed by atoms with Crippen LogP contribution in [0, 0.1) is 10.8 Å². The molecule has 0 radical (unpaired) electrons. The second-order valence-electron chi connectivity index (χ2n) is 7.99. The number of halogens is 1. The maximum atomic E-state index is 13.0. The van der Waals surface area contributed by atoms with Crippen LogP contribution in [0.4, 0.5) is 0 Å². The van der Waals surface area contributed by atoms with Gasteiger partial charge in [-0.25, -0.2) is 0 Å². The molecule has 5 nitrogen and oxygen atoms in total. The maximum absolute atomic E-state index is 13.0. The average molecular weight is 377 g/mol. The highest BCUT2D eigenvalue weighted by Crippen LogP contribution is 2.52. The highest BCUT2D eigenvalue weighted by molar-refractivity contribution is 5.89. The lowest BCUT2D eigenvalue weighted by atomic mass is 9.53. The van der Waals surface area contributed by atoms with E-state index in [2.05, 4.69) is 19.2 Å². The molecule has 2 fully saturated rings. The number of hydrogen-bond acceptors (Lipinski definition) is 4. The summed E-state index contributed by atoms with van der Waals surface area (Å²) in [6.45, 7) is 13.8. The van der Waals surface area contributed by atoms with Gasteiger partial charge < -0.3 is 20.5 Å². The van der Waals surface area contributed by atoms with Crippen molar-refractivity contribution in [3.8, 4) is 0 Å². The third-order valence-electron chi connectivity index (χ3n) is 7.01. The quantitative estimate of drug-likeness (QED) is 0.682. The summed E-state index contributed by atoms with van der Waals surface area (Å²) >= 11 is 0. The fourth-order valence-electron chi connectivity index (χ4n) is 4.69. The van der Waals surface area contributed by atoms with E-state index in [1.54, 1.807) is 0 Å². The van der Waals surface area contributed by atoms with Crippen LogP contribution in [0.25, 0.3) is 0 Å². The average Bonchev–Trinajstić information content (AvgIpc) is 2.54. The Hall–Kier alpha value is -0.360. The van der Waals surface area contributed by atoms with Crippen molar-refractivity contribution in [1.82, 2.24) is 5.32 Å². The topological polar surface area (TPSA) is 73.6 Å². The first-order valence-corrected chi connectivity index (χ1v) is 9.56. The van der Waals surface area contributed by atoms with E-state index in [4.69, 9.17) is 15.2 Å². The Balaban J connectivity index is 0.00000312. The van der Waals surface area contributed by atoms with Gasteiger partial charge in [0.05, 0.1) is 12.2 Å². The first-order valence-electron chi connectivity index (χ1n) is 9.56. The predicted molar refractivity (Wildman–Crippen MR) is 103 cm³/mol. The van der Waals surface area contributed by atoms with E-state index in [9.17, 15) is 4.79 Å². The first-order chi connectivity index (χ1) is 11.2. The van der Waals surface area contributed by atoms with Gasteiger partial charge in [-0.15, -0.1) is 12.4 Å². The standard InChI is InChI=1S/C19H36N2O3.ClH/c1-7-18(8-2)13(11-14(18)23-9-3)21-16(22)19(20)12-15(24-10-4)17(19,5)6;/h13-15H,7-12,20H2,1-6H3,(H,21,22);1H. The summed E-state index contributed by atoms with van der Waals surface area (Å²) in [5.74, 6) is -0.0327. The minimum absolute atomic E-state index is 0. The number of carbonyl (C=O) groups is 1. The molecule has 2 saturated carbocycles. The molecule has 3 N–H and O–H groups in total. The van der Waals surface area contributed by atoms with Gasteiger partial charge in [-0.3, -0.25) is 4.79 Å². The summed E-state index contributed by atoms with van der Waals surface area (Å²) in [4.78, 5) is 13.0. The monoisotopic (exact) mass is 376 g/mol. The maximum Gasteiger partial charge on any atom is 0.241 e. The van der Waals surface area contributed by atoms with Crippen molar-refractivity contribution in [2.24, 2.45) is 16.6 Å². The molecule has 2 rings (SSSR count). The zero-order valence-corrected chi connectivity index (χ0v) is 17.5. The lowest BCUT2D eigenvalue weighted by Crippen LogP contribution is -2.78. The number of rotatable bonds is 8. The second-order valence-corrected chi connectivity index (χ2v) is 7.99. The van der Waals surface area contributed by atoms with Crippen molar-refractivity contribution in [2.45, 2.75) is 91.0 Å².